The van der Waals surface area contributed by atoms with Gasteiger partial charge in [-0.2, -0.15) is 0 Å². The second kappa shape index (κ2) is 9.52. The highest BCUT2D eigenvalue weighted by Crippen LogP contribution is 2.33. The zero-order valence-electron chi connectivity index (χ0n) is 15.3. The van der Waals surface area contributed by atoms with Crippen molar-refractivity contribution >= 4 is 51.6 Å². The predicted molar refractivity (Wildman–Crippen MR) is 109 cm³/mol. The lowest BCUT2D eigenvalue weighted by molar-refractivity contribution is 0.0337. The summed E-state index contributed by atoms with van der Waals surface area (Å²) in [5.41, 5.74) is 0. The van der Waals surface area contributed by atoms with Crippen LogP contribution in [0.15, 0.2) is 21.9 Å². The number of nitrogens with zero attached hydrogens (tertiary/aromatic N) is 4. The third-order valence-electron chi connectivity index (χ3n) is 4.04. The van der Waals surface area contributed by atoms with Gasteiger partial charge in [0.15, 0.2) is 4.34 Å². The standard InChI is InChI=1S/C17H22N4O3S3/c1-3-4-5-6-9-26-16-19-18-15(27-16)21-13(11-20(2)17(21)23)24-14(22)12-8-7-10-25-12/h7-8,10,13H,3-6,9,11H2,1-2H3. The van der Waals surface area contributed by atoms with Crippen molar-refractivity contribution in [1.82, 2.24) is 15.1 Å². The van der Waals surface area contributed by atoms with E-state index in [1.54, 1.807) is 30.9 Å². The summed E-state index contributed by atoms with van der Waals surface area (Å²) in [5.74, 6) is 0.553. The Labute approximate surface area is 170 Å². The Morgan fingerprint density at radius 2 is 2.22 bits per heavy atom. The Morgan fingerprint density at radius 3 is 2.96 bits per heavy atom. The predicted octanol–water partition coefficient (Wildman–Crippen LogP) is 4.33. The summed E-state index contributed by atoms with van der Waals surface area (Å²) < 4.78 is 6.39. The number of carbonyl (C=O) groups excluding carboxylic acids is 2. The van der Waals surface area contributed by atoms with Crippen molar-refractivity contribution in [3.8, 4) is 0 Å². The van der Waals surface area contributed by atoms with E-state index in [0.717, 1.165) is 16.5 Å². The van der Waals surface area contributed by atoms with E-state index in [1.807, 2.05) is 5.38 Å². The highest BCUT2D eigenvalue weighted by Gasteiger charge is 2.41. The number of thioether (sulfide) groups is 1. The van der Waals surface area contributed by atoms with Crippen LogP contribution < -0.4 is 4.90 Å². The Hall–Kier alpha value is -1.65. The molecule has 2 aromatic heterocycles. The molecule has 0 aliphatic carbocycles. The van der Waals surface area contributed by atoms with Gasteiger partial charge in [0.1, 0.15) is 4.88 Å². The molecule has 0 bridgehead atoms. The third kappa shape index (κ3) is 4.99. The van der Waals surface area contributed by atoms with Crippen LogP contribution in [0.5, 0.6) is 0 Å². The van der Waals surface area contributed by atoms with Gasteiger partial charge in [-0.25, -0.2) is 14.5 Å². The SMILES string of the molecule is CCCCCCSc1nnc(N2C(=O)N(C)CC2OC(=O)c2cccs2)s1. The van der Waals surface area contributed by atoms with Gasteiger partial charge in [-0.05, 0) is 17.9 Å². The van der Waals surface area contributed by atoms with E-state index in [9.17, 15) is 9.59 Å². The summed E-state index contributed by atoms with van der Waals surface area (Å²) >= 11 is 4.32. The van der Waals surface area contributed by atoms with Gasteiger partial charge in [0.2, 0.25) is 11.4 Å². The number of likely N-dealkylation sites (N-methyl/N-ethyl adjacent to an activating group) is 1. The molecule has 1 unspecified atom stereocenters. The Balaban J connectivity index is 1.64. The molecule has 1 saturated heterocycles. The molecular weight excluding hydrogens is 404 g/mol. The van der Waals surface area contributed by atoms with E-state index in [-0.39, 0.29) is 6.03 Å². The molecule has 1 aliphatic rings. The lowest BCUT2D eigenvalue weighted by atomic mass is 10.2. The molecule has 0 spiro atoms. The second-order valence-electron chi connectivity index (χ2n) is 6.13. The van der Waals surface area contributed by atoms with Crippen LogP contribution in [0.4, 0.5) is 9.93 Å². The van der Waals surface area contributed by atoms with Crippen molar-refractivity contribution in [2.45, 2.75) is 43.2 Å². The summed E-state index contributed by atoms with van der Waals surface area (Å²) in [7, 11) is 1.68. The number of urea groups is 1. The van der Waals surface area contributed by atoms with E-state index < -0.39 is 12.2 Å². The van der Waals surface area contributed by atoms with Crippen LogP contribution in [-0.4, -0.2) is 52.7 Å². The first-order valence-corrected chi connectivity index (χ1v) is 11.5. The monoisotopic (exact) mass is 426 g/mol. The lowest BCUT2D eigenvalue weighted by Gasteiger charge is -2.19. The van der Waals surface area contributed by atoms with Crippen LogP contribution in [0.25, 0.3) is 0 Å². The molecule has 2 amide bonds. The molecule has 3 rings (SSSR count). The minimum Gasteiger partial charge on any atom is -0.435 e. The summed E-state index contributed by atoms with van der Waals surface area (Å²) in [4.78, 5) is 28.3. The van der Waals surface area contributed by atoms with Gasteiger partial charge in [0.25, 0.3) is 0 Å². The largest absolute Gasteiger partial charge is 0.435 e. The van der Waals surface area contributed by atoms with Crippen LogP contribution in [0.1, 0.15) is 42.3 Å². The normalized spacial score (nSPS) is 17.0. The number of anilines is 1. The molecule has 2 aromatic rings. The van der Waals surface area contributed by atoms with E-state index in [2.05, 4.69) is 17.1 Å². The van der Waals surface area contributed by atoms with Gasteiger partial charge in [-0.3, -0.25) is 0 Å². The number of ether oxygens (including phenoxy) is 1. The second-order valence-corrected chi connectivity index (χ2v) is 9.38. The summed E-state index contributed by atoms with van der Waals surface area (Å²) in [6, 6.07) is 3.25. The number of aromatic nitrogens is 2. The van der Waals surface area contributed by atoms with Gasteiger partial charge < -0.3 is 9.64 Å². The van der Waals surface area contributed by atoms with Crippen molar-refractivity contribution in [2.24, 2.45) is 0 Å². The zero-order chi connectivity index (χ0) is 19.2. The van der Waals surface area contributed by atoms with Crippen molar-refractivity contribution in [3.05, 3.63) is 22.4 Å². The molecule has 0 N–H and O–H groups in total. The molecule has 1 fully saturated rings. The van der Waals surface area contributed by atoms with E-state index in [1.165, 1.54) is 51.7 Å². The molecule has 27 heavy (non-hydrogen) atoms. The Morgan fingerprint density at radius 1 is 1.37 bits per heavy atom. The zero-order valence-corrected chi connectivity index (χ0v) is 17.7. The number of carbonyl (C=O) groups is 2. The molecule has 1 aliphatic heterocycles. The smallest absolute Gasteiger partial charge is 0.350 e. The highest BCUT2D eigenvalue weighted by molar-refractivity contribution is 8.01. The summed E-state index contributed by atoms with van der Waals surface area (Å²) in [6.07, 6.45) is 4.11. The van der Waals surface area contributed by atoms with Gasteiger partial charge in [-0.15, -0.1) is 21.5 Å². The number of esters is 1. The van der Waals surface area contributed by atoms with Gasteiger partial charge in [-0.1, -0.05) is 55.4 Å². The van der Waals surface area contributed by atoms with Crippen LogP contribution in [0.3, 0.4) is 0 Å². The van der Waals surface area contributed by atoms with E-state index >= 15 is 0 Å². The van der Waals surface area contributed by atoms with Gasteiger partial charge in [0.05, 0.1) is 6.54 Å². The fourth-order valence-electron chi connectivity index (χ4n) is 2.62. The summed E-state index contributed by atoms with van der Waals surface area (Å²) in [6.45, 7) is 2.49. The number of hydrogen-bond donors (Lipinski definition) is 0. The molecule has 10 heteroatoms. The van der Waals surface area contributed by atoms with Crippen LogP contribution in [-0.2, 0) is 4.74 Å². The molecular formula is C17H22N4O3S3. The van der Waals surface area contributed by atoms with Gasteiger partial charge >= 0.3 is 12.0 Å². The molecule has 0 saturated carbocycles. The first-order chi connectivity index (χ1) is 13.1. The average molecular weight is 427 g/mol. The van der Waals surface area contributed by atoms with Crippen molar-refractivity contribution in [2.75, 3.05) is 24.2 Å². The maximum atomic E-state index is 12.5. The third-order valence-corrected chi connectivity index (χ3v) is 7.03. The quantitative estimate of drug-likeness (QED) is 0.257. The Kier molecular flexibility index (Phi) is 7.08. The molecule has 1 atom stereocenters. The summed E-state index contributed by atoms with van der Waals surface area (Å²) in [5, 5.41) is 10.6. The van der Waals surface area contributed by atoms with E-state index in [0.29, 0.717) is 16.6 Å². The molecule has 3 heterocycles. The lowest BCUT2D eigenvalue weighted by Crippen LogP contribution is -2.37. The fourth-order valence-corrected chi connectivity index (χ4v) is 5.17. The minimum atomic E-state index is -0.701. The molecule has 0 aromatic carbocycles. The maximum absolute atomic E-state index is 12.5. The fraction of sp³-hybridized carbons (Fsp3) is 0.529. The van der Waals surface area contributed by atoms with E-state index in [4.69, 9.17) is 4.74 Å². The van der Waals surface area contributed by atoms with Crippen molar-refractivity contribution in [3.63, 3.8) is 0 Å². The molecule has 146 valence electrons. The van der Waals surface area contributed by atoms with Crippen molar-refractivity contribution in [1.29, 1.82) is 0 Å². The Bertz CT molecular complexity index is 765. The number of amides is 2. The number of unbranched alkanes of at least 4 members (excludes halogenated alkanes) is 3. The van der Waals surface area contributed by atoms with Crippen molar-refractivity contribution < 1.29 is 14.3 Å². The van der Waals surface area contributed by atoms with Crippen LogP contribution in [0.2, 0.25) is 0 Å². The first-order valence-electron chi connectivity index (χ1n) is 8.85. The average Bonchev–Trinajstić information content (AvgIpc) is 3.37. The number of rotatable bonds is 9. The number of hydrogen-bond acceptors (Lipinski definition) is 8. The maximum Gasteiger partial charge on any atom is 0.350 e. The number of thiophene rings is 1. The minimum absolute atomic E-state index is 0.241. The highest BCUT2D eigenvalue weighted by atomic mass is 32.2. The van der Waals surface area contributed by atoms with Gasteiger partial charge in [0, 0.05) is 12.8 Å². The molecule has 7 nitrogen and oxygen atoms in total. The van der Waals surface area contributed by atoms with Crippen LogP contribution >= 0.6 is 34.4 Å². The first kappa shape index (κ1) is 20.1. The molecule has 0 radical (unpaired) electrons. The van der Waals surface area contributed by atoms with Crippen LogP contribution in [0, 0.1) is 0 Å². The topological polar surface area (TPSA) is 75.6 Å².